The summed E-state index contributed by atoms with van der Waals surface area (Å²) < 4.78 is 50.1. The molecule has 3 unspecified atom stereocenters. The van der Waals surface area contributed by atoms with Crippen LogP contribution in [0.3, 0.4) is 0 Å². The highest BCUT2D eigenvalue weighted by molar-refractivity contribution is 5.74. The molecule has 784 valence electrons. The molecule has 0 aliphatic heterocycles. The van der Waals surface area contributed by atoms with E-state index < -0.39 is 66.1 Å². The van der Waals surface area contributed by atoms with Gasteiger partial charge in [-0.25, -0.2) is 0 Å². The molecule has 0 saturated carbocycles. The number of unbranched alkanes of at least 4 members (excludes halogenated alkanes) is 37. The molecule has 0 heterocycles. The first-order chi connectivity index (χ1) is 65.6. The molecule has 3 N–H and O–H groups in total. The number of hydrogen-bond acceptors (Lipinski definition) is 33. The lowest BCUT2D eigenvalue weighted by atomic mass is 10.1. The van der Waals surface area contributed by atoms with Gasteiger partial charge in [0.05, 0.1) is 0 Å². The van der Waals surface area contributed by atoms with Crippen LogP contribution in [0, 0.1) is 0 Å². The number of nitrogens with one attached hydrogen (secondary N) is 3. The van der Waals surface area contributed by atoms with Crippen molar-refractivity contribution in [3.05, 3.63) is 0 Å². The van der Waals surface area contributed by atoms with E-state index in [1.165, 1.54) is 0 Å². The molecule has 0 saturated heterocycles. The number of carbonyl (C=O) groups is 14. The van der Waals surface area contributed by atoms with E-state index in [1.807, 2.05) is 6.92 Å². The maximum atomic E-state index is 13.3. The van der Waals surface area contributed by atoms with Crippen LogP contribution in [0.25, 0.3) is 0 Å². The Morgan fingerprint density at radius 1 is 0.178 bits per heavy atom. The number of nitrogens with zero attached hydrogens (tertiary/aromatic N) is 2. The molecule has 0 aromatic heterocycles. The van der Waals surface area contributed by atoms with Crippen LogP contribution in [-0.4, -0.2) is 197 Å². The second-order valence-corrected chi connectivity index (χ2v) is 35.4. The van der Waals surface area contributed by atoms with Gasteiger partial charge in [0.2, 0.25) is 0 Å². The zero-order valence-electron chi connectivity index (χ0n) is 84.7. The fraction of sp³-hybridized carbons (Fsp3) is 0.863. The summed E-state index contributed by atoms with van der Waals surface area (Å²) in [6.07, 6.45) is 39.2. The van der Waals surface area contributed by atoms with Gasteiger partial charge >= 0.3 is 83.6 Å². The van der Waals surface area contributed by atoms with Gasteiger partial charge in [-0.05, 0) is 135 Å². The van der Waals surface area contributed by atoms with E-state index in [2.05, 4.69) is 58.0 Å². The summed E-state index contributed by atoms with van der Waals surface area (Å²) in [6.45, 7) is 17.1. The standard InChI is InChI=1S/C102H183N5O28/c1-8-15-22-43-59-89(108)122-80-86(128-95(114)65-44-23-16-9-2)81-127-94(113)64-49-39-41-57-78-106(76-20-13-6)134-101(120)71-55-37-26-32-48-63-93(112)126-85-88(130-97(116)67-51-34-28-38-56-72-102(121)135-107(77-21-14-7)79-58-42-40-54-70-100(119)133-105-75-19-12-5)83-124-91(110)61-46-30-24-29-45-60-90(109)123-82-87(129-96(115)66-50-33-27-36-53-69-99(118)132-104-74-18-11-4)84-125-92(111)62-47-31-25-35-52-68-98(117)131-103-73-17-10-3/h86-88,103-105H,8-85H2,1-7H3. The topological polar surface area (TPSA) is 411 Å². The summed E-state index contributed by atoms with van der Waals surface area (Å²) in [5, 5.41) is 3.46. The van der Waals surface area contributed by atoms with Crippen LogP contribution < -0.4 is 16.4 Å². The molecule has 33 nitrogen and oxygen atoms in total. The predicted molar refractivity (Wildman–Crippen MR) is 513 cm³/mol. The van der Waals surface area contributed by atoms with Crippen LogP contribution >= 0.6 is 0 Å². The van der Waals surface area contributed by atoms with Crippen molar-refractivity contribution in [1.29, 1.82) is 0 Å². The minimum absolute atomic E-state index is 0.0619. The molecule has 0 aromatic carbocycles. The zero-order valence-corrected chi connectivity index (χ0v) is 84.7. The average molecular weight is 1930 g/mol. The Balaban J connectivity index is 5.50. The highest BCUT2D eigenvalue weighted by Crippen LogP contribution is 2.20. The number of rotatable bonds is 99. The molecule has 0 aliphatic carbocycles. The van der Waals surface area contributed by atoms with Crippen LogP contribution in [0.1, 0.15) is 466 Å². The molecule has 0 fully saturated rings. The number of hydroxylamine groups is 7. The molecule has 3 atom stereocenters. The van der Waals surface area contributed by atoms with Crippen molar-refractivity contribution in [2.24, 2.45) is 0 Å². The van der Waals surface area contributed by atoms with Gasteiger partial charge in [0, 0.05) is 136 Å². The van der Waals surface area contributed by atoms with E-state index >= 15 is 0 Å². The van der Waals surface area contributed by atoms with Gasteiger partial charge < -0.3 is 66.8 Å². The Morgan fingerprint density at radius 3 is 0.548 bits per heavy atom. The minimum atomic E-state index is -1.07. The lowest BCUT2D eigenvalue weighted by molar-refractivity contribution is -0.192. The van der Waals surface area contributed by atoms with Crippen LogP contribution in [0.2, 0.25) is 0 Å². The minimum Gasteiger partial charge on any atom is -0.462 e. The fourth-order valence-electron chi connectivity index (χ4n) is 13.9. The van der Waals surface area contributed by atoms with Crippen molar-refractivity contribution in [3.8, 4) is 0 Å². The second kappa shape index (κ2) is 95.3. The maximum Gasteiger partial charge on any atom is 0.325 e. The van der Waals surface area contributed by atoms with Gasteiger partial charge in [-0.1, -0.05) is 241 Å². The fourth-order valence-corrected chi connectivity index (χ4v) is 13.9. The van der Waals surface area contributed by atoms with Crippen LogP contribution in [-0.2, 0) is 134 Å². The Kier molecular flexibility index (Phi) is 89.9. The van der Waals surface area contributed by atoms with Crippen molar-refractivity contribution in [3.63, 3.8) is 0 Å². The van der Waals surface area contributed by atoms with E-state index in [0.717, 1.165) is 212 Å². The van der Waals surface area contributed by atoms with Crippen LogP contribution in [0.4, 0.5) is 0 Å². The van der Waals surface area contributed by atoms with Crippen molar-refractivity contribution < 1.29 is 134 Å². The van der Waals surface area contributed by atoms with E-state index in [-0.39, 0.29) is 146 Å². The van der Waals surface area contributed by atoms with Crippen LogP contribution in [0.15, 0.2) is 0 Å². The first-order valence-corrected chi connectivity index (χ1v) is 52.8. The molecule has 0 amide bonds. The van der Waals surface area contributed by atoms with Crippen molar-refractivity contribution in [2.75, 3.05) is 85.5 Å². The smallest absolute Gasteiger partial charge is 0.325 e. The average Bonchev–Trinajstić information content (AvgIpc) is 0.851. The molecule has 0 aromatic rings. The number of ether oxygens (including phenoxy) is 9. The normalized spacial score (nSPS) is 11.9. The third-order valence-electron chi connectivity index (χ3n) is 22.3. The van der Waals surface area contributed by atoms with Gasteiger partial charge in [-0.3, -0.25) is 67.1 Å². The van der Waals surface area contributed by atoms with Crippen molar-refractivity contribution in [1.82, 2.24) is 26.6 Å². The highest BCUT2D eigenvalue weighted by atomic mass is 16.7. The first-order valence-electron chi connectivity index (χ1n) is 52.8. The van der Waals surface area contributed by atoms with E-state index in [4.69, 9.17) is 66.8 Å². The Hall–Kier alpha value is -7.62. The SMILES string of the molecule is CCCCCCC(=O)OCC(COC(=O)CCCCCCN(CCCC)OC(=O)CCCCCCCC(=O)OCC(COC(=O)CCCCCCCC(=O)OCC(COC(=O)CCCCCCCC(=O)ONCCCC)OC(=O)CCCCCCCC(=O)ONCCCC)OC(=O)CCCCCCCC(=O)ON(CCCC)CCCCCCC(=O)ONCCCC)OC(=O)CCCCCC. The molecular formula is C102H183N5O28. The summed E-state index contributed by atoms with van der Waals surface area (Å²) >= 11 is 0. The van der Waals surface area contributed by atoms with Gasteiger partial charge in [0.1, 0.15) is 39.6 Å². The molecule has 0 spiro atoms. The molecule has 0 radical (unpaired) electrons. The monoisotopic (exact) mass is 1930 g/mol. The predicted octanol–water partition coefficient (Wildman–Crippen LogP) is 20.1. The summed E-state index contributed by atoms with van der Waals surface area (Å²) in [5.74, 6) is -5.81. The Labute approximate surface area is 809 Å². The lowest BCUT2D eigenvalue weighted by Crippen LogP contribution is -2.31. The van der Waals surface area contributed by atoms with E-state index in [1.54, 1.807) is 10.1 Å². The van der Waals surface area contributed by atoms with Gasteiger partial charge in [-0.15, -0.1) is 10.1 Å². The maximum absolute atomic E-state index is 13.3. The largest absolute Gasteiger partial charge is 0.462 e. The summed E-state index contributed by atoms with van der Waals surface area (Å²) in [4.78, 5) is 205. The summed E-state index contributed by atoms with van der Waals surface area (Å²) in [5.41, 5.74) is 8.08. The highest BCUT2D eigenvalue weighted by Gasteiger charge is 2.25. The molecule has 0 bridgehead atoms. The van der Waals surface area contributed by atoms with Crippen molar-refractivity contribution >= 4 is 83.6 Å². The van der Waals surface area contributed by atoms with Gasteiger partial charge in [-0.2, -0.15) is 16.4 Å². The zero-order chi connectivity index (χ0) is 99.1. The second-order valence-electron chi connectivity index (χ2n) is 35.4. The Bertz CT molecular complexity index is 3020. The third-order valence-corrected chi connectivity index (χ3v) is 22.3. The quantitative estimate of drug-likeness (QED) is 0.0220. The molecule has 0 aliphatic rings. The van der Waals surface area contributed by atoms with Crippen molar-refractivity contribution in [2.45, 2.75) is 484 Å². The molecular weight excluding hydrogens is 1740 g/mol. The molecule has 33 heteroatoms. The number of carbonyl (C=O) groups excluding carboxylic acids is 14. The number of hydrogen-bond donors (Lipinski definition) is 3. The lowest BCUT2D eigenvalue weighted by Gasteiger charge is -2.21. The summed E-state index contributed by atoms with van der Waals surface area (Å²) in [6, 6.07) is 0. The van der Waals surface area contributed by atoms with E-state index in [9.17, 15) is 67.1 Å². The Morgan fingerprint density at radius 2 is 0.341 bits per heavy atom. The molecule has 0 rings (SSSR count). The van der Waals surface area contributed by atoms with Gasteiger partial charge in [0.15, 0.2) is 18.3 Å². The van der Waals surface area contributed by atoms with E-state index in [0.29, 0.717) is 181 Å². The van der Waals surface area contributed by atoms with Crippen LogP contribution in [0.5, 0.6) is 0 Å². The molecule has 135 heavy (non-hydrogen) atoms. The third kappa shape index (κ3) is 88.8. The number of esters is 9. The van der Waals surface area contributed by atoms with Gasteiger partial charge in [0.25, 0.3) is 0 Å². The summed E-state index contributed by atoms with van der Waals surface area (Å²) in [7, 11) is 0. The first kappa shape index (κ1) is 127.